The van der Waals surface area contributed by atoms with Crippen LogP contribution in [0.15, 0.2) is 48.5 Å². The number of hydrogen-bond acceptors (Lipinski definition) is 6. The minimum absolute atomic E-state index is 0.366. The van der Waals surface area contributed by atoms with E-state index in [2.05, 4.69) is 11.4 Å². The molecule has 0 fully saturated rings. The molecule has 142 valence electrons. The molecule has 0 spiro atoms. The predicted molar refractivity (Wildman–Crippen MR) is 105 cm³/mol. The Hall–Kier alpha value is -3.17. The van der Waals surface area contributed by atoms with Gasteiger partial charge >= 0.3 is 0 Å². The normalized spacial score (nSPS) is 10.8. The Bertz CT molecular complexity index is 773. The SMILES string of the molecule is COCCOc1c(OC)cc(C(C#N)=CCNc2ccccc2)cc1OC. The Balaban J connectivity index is 2.23. The van der Waals surface area contributed by atoms with Gasteiger partial charge in [0.15, 0.2) is 11.5 Å². The highest BCUT2D eigenvalue weighted by Crippen LogP contribution is 2.40. The van der Waals surface area contributed by atoms with Gasteiger partial charge in [0.05, 0.1) is 32.5 Å². The van der Waals surface area contributed by atoms with Crippen LogP contribution in [0.4, 0.5) is 5.69 Å². The summed E-state index contributed by atoms with van der Waals surface area (Å²) in [6.07, 6.45) is 1.83. The molecule has 0 aliphatic heterocycles. The number of methoxy groups -OCH3 is 3. The van der Waals surface area contributed by atoms with Crippen molar-refractivity contribution in [2.75, 3.05) is 46.4 Å². The molecule has 0 saturated heterocycles. The lowest BCUT2D eigenvalue weighted by atomic mass is 10.1. The summed E-state index contributed by atoms with van der Waals surface area (Å²) < 4.78 is 21.6. The van der Waals surface area contributed by atoms with Crippen molar-refractivity contribution in [3.63, 3.8) is 0 Å². The van der Waals surface area contributed by atoms with Crippen molar-refractivity contribution in [2.24, 2.45) is 0 Å². The number of rotatable bonds is 10. The zero-order valence-electron chi connectivity index (χ0n) is 15.8. The standard InChI is InChI=1S/C21H24N2O4/c1-24-11-12-27-21-19(25-2)13-17(14-20(21)26-3)16(15-22)9-10-23-18-7-5-4-6-8-18/h4-9,13-14,23H,10-12H2,1-3H3. The van der Waals surface area contributed by atoms with Crippen LogP contribution in [-0.4, -0.2) is 41.1 Å². The van der Waals surface area contributed by atoms with E-state index in [1.165, 1.54) is 0 Å². The van der Waals surface area contributed by atoms with E-state index in [1.54, 1.807) is 33.5 Å². The van der Waals surface area contributed by atoms with Crippen molar-refractivity contribution in [2.45, 2.75) is 0 Å². The van der Waals surface area contributed by atoms with Crippen molar-refractivity contribution >= 4 is 11.3 Å². The van der Waals surface area contributed by atoms with E-state index in [1.807, 2.05) is 36.4 Å². The molecule has 6 heteroatoms. The lowest BCUT2D eigenvalue weighted by molar-refractivity contribution is 0.142. The summed E-state index contributed by atoms with van der Waals surface area (Å²) >= 11 is 0. The minimum atomic E-state index is 0.366. The first-order valence-electron chi connectivity index (χ1n) is 8.50. The molecule has 0 unspecified atom stereocenters. The molecule has 0 amide bonds. The smallest absolute Gasteiger partial charge is 0.203 e. The first-order valence-corrected chi connectivity index (χ1v) is 8.50. The highest BCUT2D eigenvalue weighted by Gasteiger charge is 2.16. The molecule has 0 bridgehead atoms. The number of ether oxygens (including phenoxy) is 4. The van der Waals surface area contributed by atoms with Crippen LogP contribution in [0.5, 0.6) is 17.2 Å². The molecule has 0 atom stereocenters. The first kappa shape index (κ1) is 20.1. The lowest BCUT2D eigenvalue weighted by Gasteiger charge is -2.16. The van der Waals surface area contributed by atoms with Gasteiger partial charge < -0.3 is 24.3 Å². The molecular formula is C21H24N2O4. The second-order valence-electron chi connectivity index (χ2n) is 5.53. The van der Waals surface area contributed by atoms with Gasteiger partial charge in [-0.25, -0.2) is 0 Å². The molecule has 0 aliphatic carbocycles. The second-order valence-corrected chi connectivity index (χ2v) is 5.53. The van der Waals surface area contributed by atoms with E-state index in [9.17, 15) is 5.26 Å². The Morgan fingerprint density at radius 1 is 1.04 bits per heavy atom. The van der Waals surface area contributed by atoms with E-state index < -0.39 is 0 Å². The average molecular weight is 368 g/mol. The maximum atomic E-state index is 9.57. The molecule has 2 aromatic rings. The van der Waals surface area contributed by atoms with Crippen molar-refractivity contribution in [1.82, 2.24) is 0 Å². The van der Waals surface area contributed by atoms with Gasteiger partial charge in [0.1, 0.15) is 6.61 Å². The predicted octanol–water partition coefficient (Wildman–Crippen LogP) is 3.75. The Morgan fingerprint density at radius 3 is 2.26 bits per heavy atom. The van der Waals surface area contributed by atoms with Crippen molar-refractivity contribution in [3.05, 3.63) is 54.1 Å². The fourth-order valence-electron chi connectivity index (χ4n) is 2.46. The largest absolute Gasteiger partial charge is 0.493 e. The Morgan fingerprint density at radius 2 is 1.70 bits per heavy atom. The molecule has 27 heavy (non-hydrogen) atoms. The molecule has 1 N–H and O–H groups in total. The zero-order valence-corrected chi connectivity index (χ0v) is 15.8. The van der Waals surface area contributed by atoms with E-state index in [0.717, 1.165) is 5.69 Å². The summed E-state index contributed by atoms with van der Waals surface area (Å²) in [5, 5.41) is 12.8. The molecule has 6 nitrogen and oxygen atoms in total. The molecular weight excluding hydrogens is 344 g/mol. The number of anilines is 1. The Kier molecular flexibility index (Phi) is 8.01. The second kappa shape index (κ2) is 10.7. The van der Waals surface area contributed by atoms with E-state index in [0.29, 0.717) is 48.1 Å². The summed E-state index contributed by atoms with van der Waals surface area (Å²) in [5.41, 5.74) is 2.20. The van der Waals surface area contributed by atoms with Crippen molar-refractivity contribution in [1.29, 1.82) is 5.26 Å². The van der Waals surface area contributed by atoms with Crippen LogP contribution in [0.1, 0.15) is 5.56 Å². The monoisotopic (exact) mass is 368 g/mol. The zero-order chi connectivity index (χ0) is 19.5. The van der Waals surface area contributed by atoms with Gasteiger partial charge in [-0.3, -0.25) is 0 Å². The fourth-order valence-corrected chi connectivity index (χ4v) is 2.46. The number of benzene rings is 2. The molecule has 0 aliphatic rings. The van der Waals surface area contributed by atoms with Crippen molar-refractivity contribution in [3.8, 4) is 23.3 Å². The van der Waals surface area contributed by atoms with Crippen LogP contribution in [0.25, 0.3) is 5.57 Å². The lowest BCUT2D eigenvalue weighted by Crippen LogP contribution is -2.07. The van der Waals surface area contributed by atoms with Crippen LogP contribution >= 0.6 is 0 Å². The maximum absolute atomic E-state index is 9.57. The van der Waals surface area contributed by atoms with E-state index in [-0.39, 0.29) is 0 Å². The minimum Gasteiger partial charge on any atom is -0.493 e. The number of nitriles is 1. The van der Waals surface area contributed by atoms with Crippen LogP contribution in [-0.2, 0) is 4.74 Å². The summed E-state index contributed by atoms with van der Waals surface area (Å²) in [7, 11) is 4.71. The van der Waals surface area contributed by atoms with Gasteiger partial charge in [-0.05, 0) is 35.9 Å². The van der Waals surface area contributed by atoms with Gasteiger partial charge in [0, 0.05) is 19.3 Å². The molecule has 2 rings (SSSR count). The molecule has 0 heterocycles. The molecule has 0 saturated carbocycles. The topological polar surface area (TPSA) is 72.7 Å². The van der Waals surface area contributed by atoms with Crippen molar-refractivity contribution < 1.29 is 18.9 Å². The van der Waals surface area contributed by atoms with Gasteiger partial charge in [-0.2, -0.15) is 5.26 Å². The number of nitrogens with zero attached hydrogens (tertiary/aromatic N) is 1. The van der Waals surface area contributed by atoms with Crippen LogP contribution in [0, 0.1) is 11.3 Å². The van der Waals surface area contributed by atoms with E-state index in [4.69, 9.17) is 18.9 Å². The van der Waals surface area contributed by atoms with Gasteiger partial charge in [-0.15, -0.1) is 0 Å². The summed E-state index contributed by atoms with van der Waals surface area (Å²) in [6, 6.07) is 15.6. The molecule has 2 aromatic carbocycles. The van der Waals surface area contributed by atoms with E-state index >= 15 is 0 Å². The van der Waals surface area contributed by atoms with Crippen LogP contribution in [0.2, 0.25) is 0 Å². The molecule has 0 radical (unpaired) electrons. The quantitative estimate of drug-likeness (QED) is 0.509. The number of para-hydroxylation sites is 1. The Labute approximate surface area is 159 Å². The van der Waals surface area contributed by atoms with Gasteiger partial charge in [0.25, 0.3) is 0 Å². The summed E-state index contributed by atoms with van der Waals surface area (Å²) in [6.45, 7) is 1.33. The maximum Gasteiger partial charge on any atom is 0.203 e. The third-order valence-corrected chi connectivity index (χ3v) is 3.81. The highest BCUT2D eigenvalue weighted by molar-refractivity contribution is 5.80. The van der Waals surface area contributed by atoms with Crippen LogP contribution < -0.4 is 19.5 Å². The summed E-state index contributed by atoms with van der Waals surface area (Å²) in [4.78, 5) is 0. The first-order chi connectivity index (χ1) is 13.2. The van der Waals surface area contributed by atoms with Gasteiger partial charge in [0.2, 0.25) is 5.75 Å². The summed E-state index contributed by atoms with van der Waals surface area (Å²) in [5.74, 6) is 1.48. The number of allylic oxidation sites excluding steroid dienone is 1. The third-order valence-electron chi connectivity index (χ3n) is 3.81. The third kappa shape index (κ3) is 5.66. The van der Waals surface area contributed by atoms with Crippen LogP contribution in [0.3, 0.4) is 0 Å². The van der Waals surface area contributed by atoms with Gasteiger partial charge in [-0.1, -0.05) is 18.2 Å². The number of nitrogens with one attached hydrogen (secondary N) is 1. The molecule has 0 aromatic heterocycles. The fraction of sp³-hybridized carbons (Fsp3) is 0.286. The number of hydrogen-bond donors (Lipinski definition) is 1. The average Bonchev–Trinajstić information content (AvgIpc) is 2.72. The highest BCUT2D eigenvalue weighted by atomic mass is 16.6.